The molecule has 0 unspecified atom stereocenters. The summed E-state index contributed by atoms with van der Waals surface area (Å²) in [5, 5.41) is 9.67. The molecule has 1 heterocycles. The number of rotatable bonds is 3. The highest BCUT2D eigenvalue weighted by molar-refractivity contribution is 6.01. The fraction of sp³-hybridized carbons (Fsp3) is 0.200. The number of aromatic nitrogens is 1. The molecule has 7 nitrogen and oxygen atoms in total. The number of nitrogens with zero attached hydrogens (tertiary/aromatic N) is 1. The van der Waals surface area contributed by atoms with Crippen LogP contribution < -0.4 is 16.2 Å². The van der Waals surface area contributed by atoms with E-state index in [0.717, 1.165) is 4.57 Å². The average Bonchev–Trinajstić information content (AvgIpc) is 2.77. The number of carbonyl (C=O) groups is 2. The molecule has 22 heavy (non-hydrogen) atoms. The highest BCUT2D eigenvalue weighted by Gasteiger charge is 2.25. The van der Waals surface area contributed by atoms with Gasteiger partial charge in [-0.05, 0) is 38.1 Å². The van der Waals surface area contributed by atoms with Gasteiger partial charge in [-0.3, -0.25) is 4.79 Å². The largest absolute Gasteiger partial charge is 0.425 e. The molecule has 116 valence electrons. The van der Waals surface area contributed by atoms with E-state index in [1.807, 2.05) is 0 Å². The van der Waals surface area contributed by atoms with Gasteiger partial charge in [0.1, 0.15) is 17.2 Å². The Labute approximate surface area is 127 Å². The maximum atomic E-state index is 11.9. The van der Waals surface area contributed by atoms with E-state index in [2.05, 4.69) is 0 Å². The summed E-state index contributed by atoms with van der Waals surface area (Å²) in [6.45, 7) is 2.81. The Morgan fingerprint density at radius 2 is 1.77 bits per heavy atom. The molecule has 2 aromatic rings. The minimum Gasteiger partial charge on any atom is -0.410 e. The first-order valence-corrected chi connectivity index (χ1v) is 6.51. The lowest BCUT2D eigenvalue weighted by molar-refractivity contribution is 0.0488. The Morgan fingerprint density at radius 1 is 1.18 bits per heavy atom. The molecule has 7 heteroatoms. The lowest BCUT2D eigenvalue weighted by atomic mass is 9.97. The molecule has 0 amide bonds. The average molecular weight is 303 g/mol. The SMILES string of the molecule is CC(C)(O)C(=O)c1ccc(OC(=O)n2cc(N)cc2N)cc1. The molecule has 1 aromatic carbocycles. The maximum Gasteiger partial charge on any atom is 0.425 e. The lowest BCUT2D eigenvalue weighted by Gasteiger charge is -2.15. The van der Waals surface area contributed by atoms with Crippen LogP contribution in [0.3, 0.4) is 0 Å². The number of hydrogen-bond donors (Lipinski definition) is 3. The fourth-order valence-corrected chi connectivity index (χ4v) is 1.84. The zero-order chi connectivity index (χ0) is 16.5. The van der Waals surface area contributed by atoms with Crippen LogP contribution in [0.1, 0.15) is 24.2 Å². The third-order valence-corrected chi connectivity index (χ3v) is 2.94. The smallest absolute Gasteiger partial charge is 0.410 e. The van der Waals surface area contributed by atoms with E-state index in [1.165, 1.54) is 50.4 Å². The van der Waals surface area contributed by atoms with Gasteiger partial charge in [0.25, 0.3) is 0 Å². The minimum atomic E-state index is -1.46. The molecule has 0 saturated carbocycles. The van der Waals surface area contributed by atoms with Gasteiger partial charge in [0.05, 0.1) is 5.69 Å². The summed E-state index contributed by atoms with van der Waals surface area (Å²) in [5.74, 6) is -0.0203. The van der Waals surface area contributed by atoms with Gasteiger partial charge in [-0.25, -0.2) is 9.36 Å². The number of carbonyl (C=O) groups excluding carboxylic acids is 2. The number of benzene rings is 1. The zero-order valence-corrected chi connectivity index (χ0v) is 12.2. The molecular formula is C15H17N3O4. The van der Waals surface area contributed by atoms with Crippen molar-refractivity contribution in [2.45, 2.75) is 19.4 Å². The standard InChI is InChI=1S/C15H17N3O4/c1-15(2,21)13(19)9-3-5-11(6-4-9)22-14(20)18-8-10(16)7-12(18)17/h3-8,21H,16-17H2,1-2H3. The number of ether oxygens (including phenoxy) is 1. The second-order valence-electron chi connectivity index (χ2n) is 5.35. The molecule has 0 aliphatic carbocycles. The van der Waals surface area contributed by atoms with E-state index < -0.39 is 17.5 Å². The van der Waals surface area contributed by atoms with Gasteiger partial charge in [-0.15, -0.1) is 0 Å². The van der Waals surface area contributed by atoms with Crippen molar-refractivity contribution in [2.75, 3.05) is 11.5 Å². The normalized spacial score (nSPS) is 11.2. The van der Waals surface area contributed by atoms with E-state index in [-0.39, 0.29) is 11.6 Å². The first kappa shape index (κ1) is 15.6. The minimum absolute atomic E-state index is 0.163. The highest BCUT2D eigenvalue weighted by atomic mass is 16.6. The molecule has 2 rings (SSSR count). The van der Waals surface area contributed by atoms with Crippen LogP contribution in [0.2, 0.25) is 0 Å². The van der Waals surface area contributed by atoms with E-state index in [0.29, 0.717) is 11.3 Å². The molecule has 0 spiro atoms. The van der Waals surface area contributed by atoms with Gasteiger partial charge in [0.2, 0.25) is 0 Å². The molecule has 5 N–H and O–H groups in total. The van der Waals surface area contributed by atoms with Crippen LogP contribution in [0.5, 0.6) is 5.75 Å². The Balaban J connectivity index is 2.13. The van der Waals surface area contributed by atoms with Crippen molar-refractivity contribution in [3.05, 3.63) is 42.1 Å². The van der Waals surface area contributed by atoms with Crippen LogP contribution in [-0.4, -0.2) is 27.2 Å². The second-order valence-corrected chi connectivity index (χ2v) is 5.35. The summed E-state index contributed by atoms with van der Waals surface area (Å²) in [6, 6.07) is 7.29. The van der Waals surface area contributed by atoms with E-state index in [4.69, 9.17) is 16.2 Å². The molecule has 0 atom stereocenters. The first-order chi connectivity index (χ1) is 10.2. The molecule has 0 saturated heterocycles. The molecule has 0 fully saturated rings. The van der Waals surface area contributed by atoms with E-state index in [9.17, 15) is 14.7 Å². The number of nitrogen functional groups attached to an aromatic ring is 2. The third-order valence-electron chi connectivity index (χ3n) is 2.94. The van der Waals surface area contributed by atoms with Crippen LogP contribution in [0.4, 0.5) is 16.3 Å². The van der Waals surface area contributed by atoms with E-state index >= 15 is 0 Å². The molecule has 0 bridgehead atoms. The van der Waals surface area contributed by atoms with Crippen molar-refractivity contribution in [3.8, 4) is 5.75 Å². The Bertz CT molecular complexity index is 711. The van der Waals surface area contributed by atoms with Gasteiger partial charge >= 0.3 is 6.09 Å². The zero-order valence-electron chi connectivity index (χ0n) is 12.2. The molecule has 0 aliphatic rings. The summed E-state index contributed by atoms with van der Waals surface area (Å²) in [6.07, 6.45) is 0.639. The second kappa shape index (κ2) is 5.53. The molecular weight excluding hydrogens is 286 g/mol. The van der Waals surface area contributed by atoms with Crippen LogP contribution in [-0.2, 0) is 0 Å². The van der Waals surface area contributed by atoms with Crippen LogP contribution in [0.25, 0.3) is 0 Å². The van der Waals surface area contributed by atoms with Gasteiger partial charge in [0.15, 0.2) is 5.78 Å². The lowest BCUT2D eigenvalue weighted by Crippen LogP contribution is -2.31. The quantitative estimate of drug-likeness (QED) is 0.741. The number of anilines is 2. The molecule has 0 aliphatic heterocycles. The van der Waals surface area contributed by atoms with Crippen molar-refractivity contribution in [2.24, 2.45) is 0 Å². The van der Waals surface area contributed by atoms with Crippen LogP contribution in [0, 0.1) is 0 Å². The van der Waals surface area contributed by atoms with Crippen LogP contribution >= 0.6 is 0 Å². The maximum absolute atomic E-state index is 11.9. The number of ketones is 1. The number of aliphatic hydroxyl groups is 1. The summed E-state index contributed by atoms with van der Waals surface area (Å²) >= 11 is 0. The van der Waals surface area contributed by atoms with Gasteiger partial charge in [0, 0.05) is 17.8 Å². The Hall–Kier alpha value is -2.80. The van der Waals surface area contributed by atoms with Gasteiger partial charge in [-0.1, -0.05) is 0 Å². The van der Waals surface area contributed by atoms with Crippen molar-refractivity contribution >= 4 is 23.4 Å². The van der Waals surface area contributed by atoms with Crippen LogP contribution in [0.15, 0.2) is 36.5 Å². The third kappa shape index (κ3) is 3.26. The highest BCUT2D eigenvalue weighted by Crippen LogP contribution is 2.19. The number of Topliss-reactive ketones (excluding diaryl/α,β-unsaturated/α-hetero) is 1. The van der Waals surface area contributed by atoms with Gasteiger partial charge < -0.3 is 21.3 Å². The Morgan fingerprint density at radius 3 is 2.23 bits per heavy atom. The predicted molar refractivity (Wildman–Crippen MR) is 81.7 cm³/mol. The number of nitrogens with two attached hydrogens (primary N) is 2. The summed E-state index contributed by atoms with van der Waals surface area (Å²) in [5.41, 5.74) is 10.4. The Kier molecular flexibility index (Phi) is 3.92. The molecule has 1 aromatic heterocycles. The topological polar surface area (TPSA) is 121 Å². The number of hydrogen-bond acceptors (Lipinski definition) is 6. The van der Waals surface area contributed by atoms with Crippen molar-refractivity contribution < 1.29 is 19.4 Å². The molecule has 0 radical (unpaired) electrons. The van der Waals surface area contributed by atoms with Crippen molar-refractivity contribution in [3.63, 3.8) is 0 Å². The predicted octanol–water partition coefficient (Wildman–Crippen LogP) is 1.65. The van der Waals surface area contributed by atoms with Crippen molar-refractivity contribution in [1.82, 2.24) is 4.57 Å². The summed E-state index contributed by atoms with van der Waals surface area (Å²) in [7, 11) is 0. The first-order valence-electron chi connectivity index (χ1n) is 6.51. The van der Waals surface area contributed by atoms with E-state index in [1.54, 1.807) is 0 Å². The summed E-state index contributed by atoms with van der Waals surface area (Å²) < 4.78 is 6.20. The van der Waals surface area contributed by atoms with Crippen molar-refractivity contribution in [1.29, 1.82) is 0 Å². The fourth-order valence-electron chi connectivity index (χ4n) is 1.84. The summed E-state index contributed by atoms with van der Waals surface area (Å²) in [4.78, 5) is 23.8. The van der Waals surface area contributed by atoms with Gasteiger partial charge in [-0.2, -0.15) is 0 Å². The monoisotopic (exact) mass is 303 g/mol.